The second-order valence-corrected chi connectivity index (χ2v) is 4.91. The Morgan fingerprint density at radius 1 is 1.33 bits per heavy atom. The van der Waals surface area contributed by atoms with Gasteiger partial charge in [0.05, 0.1) is 12.1 Å². The van der Waals surface area contributed by atoms with E-state index in [0.29, 0.717) is 6.54 Å². The van der Waals surface area contributed by atoms with Crippen LogP contribution in [0, 0.1) is 5.92 Å². The molecule has 18 heavy (non-hydrogen) atoms. The molecule has 0 amide bonds. The lowest BCUT2D eigenvalue weighted by Crippen LogP contribution is -2.24. The van der Waals surface area contributed by atoms with Gasteiger partial charge in [0.15, 0.2) is 5.78 Å². The highest BCUT2D eigenvalue weighted by Crippen LogP contribution is 2.27. The van der Waals surface area contributed by atoms with Gasteiger partial charge in [0.2, 0.25) is 0 Å². The molecule has 1 fully saturated rings. The van der Waals surface area contributed by atoms with Crippen LogP contribution in [0.1, 0.15) is 23.2 Å². The number of fused-ring (bicyclic) bond motifs is 1. The topological polar surface area (TPSA) is 42.0 Å². The number of carbonyl (C=O) groups is 1. The van der Waals surface area contributed by atoms with Crippen LogP contribution in [0.3, 0.4) is 0 Å². The SMILES string of the molecule is O=C(CNCC1CC1)c1ccc2cccnc2c1. The molecule has 3 heteroatoms. The average molecular weight is 240 g/mol. The summed E-state index contributed by atoms with van der Waals surface area (Å²) >= 11 is 0. The van der Waals surface area contributed by atoms with Gasteiger partial charge in [-0.1, -0.05) is 18.2 Å². The molecule has 3 rings (SSSR count). The van der Waals surface area contributed by atoms with Crippen molar-refractivity contribution in [1.82, 2.24) is 10.3 Å². The largest absolute Gasteiger partial charge is 0.309 e. The standard InChI is InChI=1S/C15H16N2O/c18-15(10-16-9-11-3-4-11)13-6-5-12-2-1-7-17-14(12)8-13/h1-2,5-8,11,16H,3-4,9-10H2. The number of hydrogen-bond donors (Lipinski definition) is 1. The molecule has 0 aliphatic heterocycles. The Bertz CT molecular complexity index is 575. The first-order valence-electron chi connectivity index (χ1n) is 6.41. The predicted molar refractivity (Wildman–Crippen MR) is 71.7 cm³/mol. The maximum atomic E-state index is 12.0. The summed E-state index contributed by atoms with van der Waals surface area (Å²) in [6.45, 7) is 1.40. The molecule has 1 aliphatic rings. The summed E-state index contributed by atoms with van der Waals surface area (Å²) in [5.74, 6) is 0.944. The van der Waals surface area contributed by atoms with E-state index >= 15 is 0 Å². The molecule has 1 aliphatic carbocycles. The van der Waals surface area contributed by atoms with Crippen LogP contribution in [-0.2, 0) is 0 Å². The third-order valence-electron chi connectivity index (χ3n) is 3.34. The smallest absolute Gasteiger partial charge is 0.176 e. The molecule has 0 saturated heterocycles. The van der Waals surface area contributed by atoms with Crippen molar-refractivity contribution in [2.24, 2.45) is 5.92 Å². The number of benzene rings is 1. The fourth-order valence-corrected chi connectivity index (χ4v) is 2.05. The Morgan fingerprint density at radius 2 is 2.22 bits per heavy atom. The number of nitrogens with one attached hydrogen (secondary N) is 1. The molecule has 0 spiro atoms. The van der Waals surface area contributed by atoms with Crippen molar-refractivity contribution < 1.29 is 4.79 Å². The molecular weight excluding hydrogens is 224 g/mol. The van der Waals surface area contributed by atoms with Crippen molar-refractivity contribution in [2.45, 2.75) is 12.8 Å². The molecule has 1 aromatic heterocycles. The lowest BCUT2D eigenvalue weighted by atomic mass is 10.1. The van der Waals surface area contributed by atoms with Crippen molar-refractivity contribution in [3.63, 3.8) is 0 Å². The van der Waals surface area contributed by atoms with Gasteiger partial charge in [0.25, 0.3) is 0 Å². The highest BCUT2D eigenvalue weighted by molar-refractivity contribution is 6.00. The van der Waals surface area contributed by atoms with E-state index in [9.17, 15) is 4.79 Å². The molecule has 1 aromatic carbocycles. The zero-order valence-corrected chi connectivity index (χ0v) is 10.2. The summed E-state index contributed by atoms with van der Waals surface area (Å²) in [6, 6.07) is 9.61. The minimum atomic E-state index is 0.142. The Hall–Kier alpha value is -1.74. The average Bonchev–Trinajstić information content (AvgIpc) is 3.22. The zero-order valence-electron chi connectivity index (χ0n) is 10.2. The van der Waals surface area contributed by atoms with Crippen LogP contribution in [0.5, 0.6) is 0 Å². The first-order chi connectivity index (χ1) is 8.83. The number of aromatic nitrogens is 1. The summed E-state index contributed by atoms with van der Waals surface area (Å²) in [5, 5.41) is 4.29. The fourth-order valence-electron chi connectivity index (χ4n) is 2.05. The molecule has 92 valence electrons. The van der Waals surface area contributed by atoms with Crippen LogP contribution >= 0.6 is 0 Å². The Kier molecular flexibility index (Phi) is 3.07. The van der Waals surface area contributed by atoms with Crippen LogP contribution in [0.4, 0.5) is 0 Å². The van der Waals surface area contributed by atoms with Crippen LogP contribution < -0.4 is 5.32 Å². The Morgan fingerprint density at radius 3 is 3.06 bits per heavy atom. The Labute approximate surface area is 106 Å². The quantitative estimate of drug-likeness (QED) is 0.816. The predicted octanol–water partition coefficient (Wildman–Crippen LogP) is 2.42. The van der Waals surface area contributed by atoms with Gasteiger partial charge in [0.1, 0.15) is 0 Å². The minimum absolute atomic E-state index is 0.142. The van der Waals surface area contributed by atoms with Gasteiger partial charge in [-0.05, 0) is 37.4 Å². The maximum absolute atomic E-state index is 12.0. The summed E-state index contributed by atoms with van der Waals surface area (Å²) in [5.41, 5.74) is 1.62. The molecule has 0 atom stereocenters. The molecule has 1 N–H and O–H groups in total. The number of carbonyl (C=O) groups excluding carboxylic acids is 1. The number of pyridine rings is 1. The number of rotatable bonds is 5. The van der Waals surface area contributed by atoms with Gasteiger partial charge >= 0.3 is 0 Å². The van der Waals surface area contributed by atoms with Gasteiger partial charge in [-0.15, -0.1) is 0 Å². The van der Waals surface area contributed by atoms with Crippen molar-refractivity contribution in [3.8, 4) is 0 Å². The number of nitrogens with zero attached hydrogens (tertiary/aromatic N) is 1. The van der Waals surface area contributed by atoms with E-state index in [1.807, 2.05) is 30.3 Å². The van der Waals surface area contributed by atoms with E-state index < -0.39 is 0 Å². The third kappa shape index (κ3) is 2.57. The van der Waals surface area contributed by atoms with Crippen molar-refractivity contribution in [1.29, 1.82) is 0 Å². The van der Waals surface area contributed by atoms with E-state index in [1.54, 1.807) is 6.20 Å². The van der Waals surface area contributed by atoms with Crippen LogP contribution in [0.15, 0.2) is 36.5 Å². The zero-order chi connectivity index (χ0) is 12.4. The summed E-state index contributed by atoms with van der Waals surface area (Å²) in [4.78, 5) is 16.3. The molecule has 1 saturated carbocycles. The lowest BCUT2D eigenvalue weighted by Gasteiger charge is -2.04. The van der Waals surface area contributed by atoms with Crippen LogP contribution in [0.25, 0.3) is 10.9 Å². The highest BCUT2D eigenvalue weighted by Gasteiger charge is 2.20. The highest BCUT2D eigenvalue weighted by atomic mass is 16.1. The first kappa shape index (κ1) is 11.4. The van der Waals surface area contributed by atoms with E-state index in [2.05, 4.69) is 10.3 Å². The van der Waals surface area contributed by atoms with Gasteiger partial charge in [0, 0.05) is 17.1 Å². The molecule has 0 radical (unpaired) electrons. The fraction of sp³-hybridized carbons (Fsp3) is 0.333. The summed E-state index contributed by atoms with van der Waals surface area (Å²) in [7, 11) is 0. The molecular formula is C15H16N2O. The molecule has 3 nitrogen and oxygen atoms in total. The monoisotopic (exact) mass is 240 g/mol. The minimum Gasteiger partial charge on any atom is -0.309 e. The lowest BCUT2D eigenvalue weighted by molar-refractivity contribution is 0.0991. The third-order valence-corrected chi connectivity index (χ3v) is 3.34. The van der Waals surface area contributed by atoms with Crippen molar-refractivity contribution in [2.75, 3.05) is 13.1 Å². The number of Topliss-reactive ketones (excluding diaryl/α,β-unsaturated/α-hetero) is 1. The molecule has 2 aromatic rings. The second-order valence-electron chi connectivity index (χ2n) is 4.91. The Balaban J connectivity index is 1.69. The van der Waals surface area contributed by atoms with Crippen LogP contribution in [-0.4, -0.2) is 23.9 Å². The van der Waals surface area contributed by atoms with E-state index in [1.165, 1.54) is 12.8 Å². The van der Waals surface area contributed by atoms with Crippen molar-refractivity contribution in [3.05, 3.63) is 42.1 Å². The van der Waals surface area contributed by atoms with E-state index in [0.717, 1.165) is 28.9 Å². The normalized spacial score (nSPS) is 14.9. The van der Waals surface area contributed by atoms with Crippen molar-refractivity contribution >= 4 is 16.7 Å². The number of hydrogen-bond acceptors (Lipinski definition) is 3. The van der Waals surface area contributed by atoms with Crippen LogP contribution in [0.2, 0.25) is 0 Å². The van der Waals surface area contributed by atoms with Gasteiger partial charge in [-0.25, -0.2) is 0 Å². The van der Waals surface area contributed by atoms with E-state index in [4.69, 9.17) is 0 Å². The van der Waals surface area contributed by atoms with Gasteiger partial charge < -0.3 is 5.32 Å². The summed E-state index contributed by atoms with van der Waals surface area (Å²) < 4.78 is 0. The molecule has 1 heterocycles. The summed E-state index contributed by atoms with van der Waals surface area (Å²) in [6.07, 6.45) is 4.37. The number of ketones is 1. The van der Waals surface area contributed by atoms with E-state index in [-0.39, 0.29) is 5.78 Å². The first-order valence-corrected chi connectivity index (χ1v) is 6.41. The van der Waals surface area contributed by atoms with Gasteiger partial charge in [-0.2, -0.15) is 0 Å². The van der Waals surface area contributed by atoms with Gasteiger partial charge in [-0.3, -0.25) is 9.78 Å². The second kappa shape index (κ2) is 4.86. The molecule has 0 bridgehead atoms. The molecule has 0 unspecified atom stereocenters. The maximum Gasteiger partial charge on any atom is 0.176 e.